The maximum Gasteiger partial charge on any atom is 0.193 e. The number of rotatable bonds is 4. The summed E-state index contributed by atoms with van der Waals surface area (Å²) < 4.78 is 18.9. The molecule has 0 spiro atoms. The van der Waals surface area contributed by atoms with Gasteiger partial charge in [0, 0.05) is 11.1 Å². The van der Waals surface area contributed by atoms with Crippen LogP contribution in [0.2, 0.25) is 0 Å². The van der Waals surface area contributed by atoms with Gasteiger partial charge in [-0.05, 0) is 50.6 Å². The number of hydrogen-bond donors (Lipinski definition) is 0. The SMILES string of the molecule is Cc1ccc(F)cc1C(=O)c1cccc(OC(C)C)c1. The molecule has 0 aromatic heterocycles. The Kier molecular flexibility index (Phi) is 4.18. The first-order valence-electron chi connectivity index (χ1n) is 6.55. The molecule has 0 fully saturated rings. The second-order valence-corrected chi connectivity index (χ2v) is 4.98. The lowest BCUT2D eigenvalue weighted by Gasteiger charge is -2.11. The van der Waals surface area contributed by atoms with Crippen LogP contribution in [0.5, 0.6) is 5.75 Å². The van der Waals surface area contributed by atoms with E-state index in [0.717, 1.165) is 5.56 Å². The van der Waals surface area contributed by atoms with Crippen molar-refractivity contribution in [1.29, 1.82) is 0 Å². The Morgan fingerprint density at radius 1 is 1.15 bits per heavy atom. The standard InChI is InChI=1S/C17H17FO2/c1-11(2)20-15-6-4-5-13(9-15)17(19)16-10-14(18)8-7-12(16)3/h4-11H,1-3H3. The number of carbonyl (C=O) groups is 1. The molecule has 0 aliphatic rings. The summed E-state index contributed by atoms with van der Waals surface area (Å²) in [7, 11) is 0. The highest BCUT2D eigenvalue weighted by atomic mass is 19.1. The van der Waals surface area contributed by atoms with E-state index in [2.05, 4.69) is 0 Å². The van der Waals surface area contributed by atoms with Crippen molar-refractivity contribution < 1.29 is 13.9 Å². The first kappa shape index (κ1) is 14.3. The number of hydrogen-bond acceptors (Lipinski definition) is 2. The Morgan fingerprint density at radius 3 is 2.60 bits per heavy atom. The predicted molar refractivity (Wildman–Crippen MR) is 76.8 cm³/mol. The highest BCUT2D eigenvalue weighted by Gasteiger charge is 2.13. The fourth-order valence-electron chi connectivity index (χ4n) is 1.98. The molecule has 3 heteroatoms. The third-order valence-corrected chi connectivity index (χ3v) is 2.91. The van der Waals surface area contributed by atoms with Crippen LogP contribution in [0, 0.1) is 12.7 Å². The summed E-state index contributed by atoms with van der Waals surface area (Å²) in [6, 6.07) is 11.2. The molecule has 0 saturated carbocycles. The van der Waals surface area contributed by atoms with Crippen molar-refractivity contribution in [2.75, 3.05) is 0 Å². The van der Waals surface area contributed by atoms with Crippen LogP contribution < -0.4 is 4.74 Å². The molecular formula is C17H17FO2. The van der Waals surface area contributed by atoms with Gasteiger partial charge in [-0.3, -0.25) is 4.79 Å². The van der Waals surface area contributed by atoms with Crippen molar-refractivity contribution in [2.45, 2.75) is 26.9 Å². The molecule has 0 aliphatic heterocycles. The molecule has 0 N–H and O–H groups in total. The summed E-state index contributed by atoms with van der Waals surface area (Å²) in [6.07, 6.45) is 0.0382. The van der Waals surface area contributed by atoms with E-state index >= 15 is 0 Å². The van der Waals surface area contributed by atoms with Gasteiger partial charge in [-0.1, -0.05) is 18.2 Å². The molecule has 2 nitrogen and oxygen atoms in total. The first-order valence-corrected chi connectivity index (χ1v) is 6.55. The van der Waals surface area contributed by atoms with Gasteiger partial charge >= 0.3 is 0 Å². The van der Waals surface area contributed by atoms with E-state index in [1.807, 2.05) is 13.8 Å². The third-order valence-electron chi connectivity index (χ3n) is 2.91. The molecule has 0 aliphatic carbocycles. The van der Waals surface area contributed by atoms with Gasteiger partial charge in [0.1, 0.15) is 11.6 Å². The summed E-state index contributed by atoms with van der Waals surface area (Å²) in [6.45, 7) is 5.64. The van der Waals surface area contributed by atoms with Gasteiger partial charge < -0.3 is 4.74 Å². The minimum atomic E-state index is -0.409. The third kappa shape index (κ3) is 3.23. The topological polar surface area (TPSA) is 26.3 Å². The van der Waals surface area contributed by atoms with Crippen LogP contribution in [0.3, 0.4) is 0 Å². The van der Waals surface area contributed by atoms with Crippen molar-refractivity contribution in [3.63, 3.8) is 0 Å². The largest absolute Gasteiger partial charge is 0.491 e. The summed E-state index contributed by atoms with van der Waals surface area (Å²) in [5.74, 6) is 0.0321. The molecule has 104 valence electrons. The summed E-state index contributed by atoms with van der Waals surface area (Å²) in [5, 5.41) is 0. The summed E-state index contributed by atoms with van der Waals surface area (Å²) in [5.41, 5.74) is 1.63. The minimum Gasteiger partial charge on any atom is -0.491 e. The van der Waals surface area contributed by atoms with E-state index in [4.69, 9.17) is 4.74 Å². The molecule has 0 amide bonds. The molecule has 2 aromatic rings. The van der Waals surface area contributed by atoms with Crippen molar-refractivity contribution in [2.24, 2.45) is 0 Å². The van der Waals surface area contributed by atoms with E-state index in [9.17, 15) is 9.18 Å². The fraction of sp³-hybridized carbons (Fsp3) is 0.235. The first-order chi connectivity index (χ1) is 9.47. The van der Waals surface area contributed by atoms with Gasteiger partial charge in [0.2, 0.25) is 0 Å². The van der Waals surface area contributed by atoms with Crippen molar-refractivity contribution in [3.05, 3.63) is 65.0 Å². The van der Waals surface area contributed by atoms with Crippen molar-refractivity contribution in [3.8, 4) is 5.75 Å². The second-order valence-electron chi connectivity index (χ2n) is 4.98. The molecule has 0 saturated heterocycles. The Bertz CT molecular complexity index is 633. The van der Waals surface area contributed by atoms with Gasteiger partial charge in [0.05, 0.1) is 6.10 Å². The number of ether oxygens (including phenoxy) is 1. The molecule has 0 heterocycles. The van der Waals surface area contributed by atoms with Crippen LogP contribution in [0.4, 0.5) is 4.39 Å². The molecule has 20 heavy (non-hydrogen) atoms. The highest BCUT2D eigenvalue weighted by Crippen LogP contribution is 2.20. The molecule has 2 aromatic carbocycles. The number of aryl methyl sites for hydroxylation is 1. The van der Waals surface area contributed by atoms with Crippen molar-refractivity contribution in [1.82, 2.24) is 0 Å². The van der Waals surface area contributed by atoms with Gasteiger partial charge in [-0.25, -0.2) is 4.39 Å². The molecule has 0 unspecified atom stereocenters. The quantitative estimate of drug-likeness (QED) is 0.781. The average Bonchev–Trinajstić information content (AvgIpc) is 2.40. The monoisotopic (exact) mass is 272 g/mol. The van der Waals surface area contributed by atoms with Crippen LogP contribution >= 0.6 is 0 Å². The maximum absolute atomic E-state index is 13.3. The zero-order chi connectivity index (χ0) is 14.7. The number of ketones is 1. The molecule has 0 bridgehead atoms. The van der Waals surface area contributed by atoms with Crippen molar-refractivity contribution >= 4 is 5.78 Å². The lowest BCUT2D eigenvalue weighted by atomic mass is 9.99. The Morgan fingerprint density at radius 2 is 1.90 bits per heavy atom. The van der Waals surface area contributed by atoms with E-state index in [1.54, 1.807) is 37.3 Å². The molecule has 0 atom stereocenters. The summed E-state index contributed by atoms with van der Waals surface area (Å²) >= 11 is 0. The zero-order valence-electron chi connectivity index (χ0n) is 11.8. The normalized spacial score (nSPS) is 10.7. The Balaban J connectivity index is 2.35. The van der Waals surface area contributed by atoms with Gasteiger partial charge in [-0.2, -0.15) is 0 Å². The van der Waals surface area contributed by atoms with E-state index in [-0.39, 0.29) is 11.9 Å². The Hall–Kier alpha value is -2.16. The second kappa shape index (κ2) is 5.87. The van der Waals surface area contributed by atoms with E-state index in [1.165, 1.54) is 12.1 Å². The van der Waals surface area contributed by atoms with Gasteiger partial charge in [0.15, 0.2) is 5.78 Å². The fourth-order valence-corrected chi connectivity index (χ4v) is 1.98. The van der Waals surface area contributed by atoms with Crippen LogP contribution in [-0.2, 0) is 0 Å². The smallest absolute Gasteiger partial charge is 0.193 e. The van der Waals surface area contributed by atoms with Crippen LogP contribution in [-0.4, -0.2) is 11.9 Å². The lowest BCUT2D eigenvalue weighted by molar-refractivity contribution is 0.103. The Labute approximate surface area is 118 Å². The van der Waals surface area contributed by atoms with Crippen LogP contribution in [0.15, 0.2) is 42.5 Å². The number of halogens is 1. The minimum absolute atomic E-state index is 0.0382. The highest BCUT2D eigenvalue weighted by molar-refractivity contribution is 6.10. The van der Waals surface area contributed by atoms with E-state index < -0.39 is 5.82 Å². The maximum atomic E-state index is 13.3. The van der Waals surface area contributed by atoms with Gasteiger partial charge in [-0.15, -0.1) is 0 Å². The lowest BCUT2D eigenvalue weighted by Crippen LogP contribution is -2.08. The number of benzene rings is 2. The average molecular weight is 272 g/mol. The summed E-state index contributed by atoms with van der Waals surface area (Å²) in [4.78, 5) is 12.4. The van der Waals surface area contributed by atoms with Crippen LogP contribution in [0.1, 0.15) is 35.3 Å². The molecule has 0 radical (unpaired) electrons. The predicted octanol–water partition coefficient (Wildman–Crippen LogP) is 4.15. The molecule has 2 rings (SSSR count). The van der Waals surface area contributed by atoms with Gasteiger partial charge in [0.25, 0.3) is 0 Å². The van der Waals surface area contributed by atoms with E-state index in [0.29, 0.717) is 16.9 Å². The van der Waals surface area contributed by atoms with Crippen LogP contribution in [0.25, 0.3) is 0 Å². The number of carbonyl (C=O) groups excluding carboxylic acids is 1. The molecular weight excluding hydrogens is 255 g/mol. The zero-order valence-corrected chi connectivity index (χ0v) is 11.8.